The lowest BCUT2D eigenvalue weighted by molar-refractivity contribution is -0.111. The Hall–Kier alpha value is -2.34. The third-order valence-corrected chi connectivity index (χ3v) is 4.79. The summed E-state index contributed by atoms with van der Waals surface area (Å²) in [5.41, 5.74) is 1.54. The molecule has 0 unspecified atom stereocenters. The van der Waals surface area contributed by atoms with Gasteiger partial charge in [0.1, 0.15) is 10.8 Å². The van der Waals surface area contributed by atoms with Gasteiger partial charge in [0.25, 0.3) is 0 Å². The number of esters is 1. The second kappa shape index (κ2) is 6.83. The van der Waals surface area contributed by atoms with Crippen LogP contribution in [0.5, 0.6) is 0 Å². The van der Waals surface area contributed by atoms with Gasteiger partial charge in [-0.1, -0.05) is 0 Å². The van der Waals surface area contributed by atoms with Crippen LogP contribution in [0.2, 0.25) is 0 Å². The van der Waals surface area contributed by atoms with E-state index in [4.69, 9.17) is 9.15 Å². The minimum absolute atomic E-state index is 0.299. The molecular weight excluding hydrogens is 314 g/mol. The summed E-state index contributed by atoms with van der Waals surface area (Å²) in [6.07, 6.45) is 7.36. The van der Waals surface area contributed by atoms with E-state index in [0.29, 0.717) is 22.9 Å². The fourth-order valence-electron chi connectivity index (χ4n) is 2.61. The molecule has 3 rings (SSSR count). The highest BCUT2D eigenvalue weighted by Gasteiger charge is 2.27. The molecule has 0 aliphatic heterocycles. The van der Waals surface area contributed by atoms with Crippen LogP contribution in [0.3, 0.4) is 0 Å². The van der Waals surface area contributed by atoms with Crippen molar-refractivity contribution in [3.05, 3.63) is 46.2 Å². The predicted octanol–water partition coefficient (Wildman–Crippen LogP) is 3.66. The van der Waals surface area contributed by atoms with E-state index in [1.807, 2.05) is 0 Å². The summed E-state index contributed by atoms with van der Waals surface area (Å²) in [6.45, 7) is 2.09. The molecule has 23 heavy (non-hydrogen) atoms. The Morgan fingerprint density at radius 3 is 3.04 bits per heavy atom. The molecule has 0 spiro atoms. The second-order valence-corrected chi connectivity index (χ2v) is 6.23. The number of amides is 1. The summed E-state index contributed by atoms with van der Waals surface area (Å²) in [5, 5.41) is 3.36. The van der Waals surface area contributed by atoms with Crippen LogP contribution >= 0.6 is 11.3 Å². The van der Waals surface area contributed by atoms with E-state index in [2.05, 4.69) is 5.32 Å². The molecule has 1 aliphatic rings. The first-order chi connectivity index (χ1) is 11.2. The number of rotatable bonds is 5. The maximum Gasteiger partial charge on any atom is 0.341 e. The fourth-order valence-corrected chi connectivity index (χ4v) is 3.89. The quantitative estimate of drug-likeness (QED) is 0.670. The van der Waals surface area contributed by atoms with Crippen molar-refractivity contribution in [2.24, 2.45) is 0 Å². The molecule has 0 radical (unpaired) electrons. The van der Waals surface area contributed by atoms with Crippen LogP contribution in [0.1, 0.15) is 39.9 Å². The molecule has 0 fully saturated rings. The Morgan fingerprint density at radius 1 is 1.43 bits per heavy atom. The SMILES string of the molecule is CCOC(=O)c1c(NC(=O)/C=C/c2ccco2)sc2c1CCC2. The van der Waals surface area contributed by atoms with E-state index in [-0.39, 0.29) is 11.9 Å². The summed E-state index contributed by atoms with van der Waals surface area (Å²) in [7, 11) is 0. The van der Waals surface area contributed by atoms with Gasteiger partial charge in [-0.25, -0.2) is 4.79 Å². The van der Waals surface area contributed by atoms with E-state index in [0.717, 1.165) is 24.8 Å². The zero-order valence-corrected chi connectivity index (χ0v) is 13.6. The molecular formula is C17H17NO4S. The van der Waals surface area contributed by atoms with Crippen LogP contribution in [0.4, 0.5) is 5.00 Å². The van der Waals surface area contributed by atoms with E-state index >= 15 is 0 Å². The average molecular weight is 331 g/mol. The van der Waals surface area contributed by atoms with Gasteiger partial charge in [-0.3, -0.25) is 4.79 Å². The van der Waals surface area contributed by atoms with Crippen molar-refractivity contribution in [2.75, 3.05) is 11.9 Å². The summed E-state index contributed by atoms with van der Waals surface area (Å²) in [5.74, 6) is -0.0662. The number of hydrogen-bond acceptors (Lipinski definition) is 5. The lowest BCUT2D eigenvalue weighted by Crippen LogP contribution is -2.13. The monoisotopic (exact) mass is 331 g/mol. The maximum absolute atomic E-state index is 12.2. The number of fused-ring (bicyclic) bond motifs is 1. The summed E-state index contributed by atoms with van der Waals surface area (Å²) in [4.78, 5) is 25.5. The number of carbonyl (C=O) groups excluding carboxylic acids is 2. The van der Waals surface area contributed by atoms with Gasteiger partial charge in [0.05, 0.1) is 18.4 Å². The van der Waals surface area contributed by atoms with Crippen molar-refractivity contribution in [3.63, 3.8) is 0 Å². The number of thiophene rings is 1. The van der Waals surface area contributed by atoms with Gasteiger partial charge in [0.2, 0.25) is 5.91 Å². The topological polar surface area (TPSA) is 68.5 Å². The Labute approximate surface area is 137 Å². The zero-order chi connectivity index (χ0) is 16.2. The van der Waals surface area contributed by atoms with Gasteiger partial charge in [-0.15, -0.1) is 11.3 Å². The second-order valence-electron chi connectivity index (χ2n) is 5.12. The molecule has 1 N–H and O–H groups in total. The number of carbonyl (C=O) groups is 2. The third-order valence-electron chi connectivity index (χ3n) is 3.58. The summed E-state index contributed by atoms with van der Waals surface area (Å²) < 4.78 is 10.3. The highest BCUT2D eigenvalue weighted by Crippen LogP contribution is 2.39. The van der Waals surface area contributed by atoms with E-state index < -0.39 is 0 Å². The Kier molecular flexibility index (Phi) is 4.62. The van der Waals surface area contributed by atoms with Crippen molar-refractivity contribution in [3.8, 4) is 0 Å². The van der Waals surface area contributed by atoms with E-state index in [1.165, 1.54) is 22.3 Å². The van der Waals surface area contributed by atoms with Gasteiger partial charge < -0.3 is 14.5 Å². The minimum atomic E-state index is -0.364. The number of furan rings is 1. The average Bonchev–Trinajstić information content (AvgIpc) is 3.22. The number of nitrogens with one attached hydrogen (secondary N) is 1. The molecule has 120 valence electrons. The molecule has 6 heteroatoms. The van der Waals surface area contributed by atoms with Crippen molar-refractivity contribution in [1.82, 2.24) is 0 Å². The van der Waals surface area contributed by atoms with Crippen LogP contribution in [-0.4, -0.2) is 18.5 Å². The molecule has 0 saturated heterocycles. The molecule has 0 bridgehead atoms. The largest absolute Gasteiger partial charge is 0.465 e. The van der Waals surface area contributed by atoms with Gasteiger partial charge in [-0.05, 0) is 50.0 Å². The molecule has 0 saturated carbocycles. The molecule has 1 amide bonds. The summed E-state index contributed by atoms with van der Waals surface area (Å²) >= 11 is 1.46. The van der Waals surface area contributed by atoms with Crippen LogP contribution < -0.4 is 5.32 Å². The molecule has 2 aromatic rings. The van der Waals surface area contributed by atoms with Crippen LogP contribution in [0.25, 0.3) is 6.08 Å². The first kappa shape index (κ1) is 15.6. The Morgan fingerprint density at radius 2 is 2.30 bits per heavy atom. The van der Waals surface area contributed by atoms with Gasteiger partial charge in [-0.2, -0.15) is 0 Å². The molecule has 5 nitrogen and oxygen atoms in total. The molecule has 2 heterocycles. The first-order valence-electron chi connectivity index (χ1n) is 7.53. The Bertz CT molecular complexity index is 743. The van der Waals surface area contributed by atoms with Gasteiger partial charge >= 0.3 is 5.97 Å². The fraction of sp³-hybridized carbons (Fsp3) is 0.294. The summed E-state index contributed by atoms with van der Waals surface area (Å²) in [6, 6.07) is 3.51. The highest BCUT2D eigenvalue weighted by molar-refractivity contribution is 7.17. The molecule has 1 aliphatic carbocycles. The van der Waals surface area contributed by atoms with Gasteiger partial charge in [0.15, 0.2) is 0 Å². The first-order valence-corrected chi connectivity index (χ1v) is 8.35. The van der Waals surface area contributed by atoms with Crippen LogP contribution in [0.15, 0.2) is 28.9 Å². The third kappa shape index (κ3) is 3.37. The number of hydrogen-bond donors (Lipinski definition) is 1. The lowest BCUT2D eigenvalue weighted by atomic mass is 10.1. The van der Waals surface area contributed by atoms with Crippen molar-refractivity contribution < 1.29 is 18.7 Å². The highest BCUT2D eigenvalue weighted by atomic mass is 32.1. The molecule has 0 aromatic carbocycles. The van der Waals surface area contributed by atoms with Crippen LogP contribution in [0, 0.1) is 0 Å². The van der Waals surface area contributed by atoms with Crippen LogP contribution in [-0.2, 0) is 22.4 Å². The maximum atomic E-state index is 12.2. The van der Waals surface area contributed by atoms with Crippen molar-refractivity contribution >= 4 is 34.3 Å². The normalized spacial score (nSPS) is 13.3. The van der Waals surface area contributed by atoms with Crippen molar-refractivity contribution in [2.45, 2.75) is 26.2 Å². The Balaban J connectivity index is 1.79. The number of aryl methyl sites for hydroxylation is 1. The zero-order valence-electron chi connectivity index (χ0n) is 12.8. The number of anilines is 1. The van der Waals surface area contributed by atoms with Gasteiger partial charge in [0, 0.05) is 11.0 Å². The molecule has 0 atom stereocenters. The lowest BCUT2D eigenvalue weighted by Gasteiger charge is -2.06. The standard InChI is InChI=1S/C17H17NO4S/c1-2-21-17(20)15-12-6-3-7-13(12)23-16(15)18-14(19)9-8-11-5-4-10-22-11/h4-5,8-10H,2-3,6-7H2,1H3,(H,18,19)/b9-8+. The predicted molar refractivity (Wildman–Crippen MR) is 88.7 cm³/mol. The number of ether oxygens (including phenoxy) is 1. The van der Waals surface area contributed by atoms with E-state index in [9.17, 15) is 9.59 Å². The minimum Gasteiger partial charge on any atom is -0.465 e. The smallest absolute Gasteiger partial charge is 0.341 e. The molecule has 2 aromatic heterocycles. The van der Waals surface area contributed by atoms with Crippen molar-refractivity contribution in [1.29, 1.82) is 0 Å². The van der Waals surface area contributed by atoms with E-state index in [1.54, 1.807) is 31.4 Å².